The molecule has 0 aromatic carbocycles. The second-order valence-electron chi connectivity index (χ2n) is 22.3. The van der Waals surface area contributed by atoms with Gasteiger partial charge in [0.15, 0.2) is 45.6 Å². The van der Waals surface area contributed by atoms with Crippen LogP contribution in [-0.2, 0) is 23.9 Å². The fourth-order valence-electron chi connectivity index (χ4n) is 9.77. The Bertz CT molecular complexity index is 2860. The molecule has 0 spiro atoms. The Labute approximate surface area is 561 Å². The van der Waals surface area contributed by atoms with Crippen molar-refractivity contribution in [2.75, 3.05) is 6.61 Å². The molecule has 2 aliphatic carbocycles. The summed E-state index contributed by atoms with van der Waals surface area (Å²) < 4.78 is 561. The number of aliphatic hydroxyl groups is 5. The number of carbonyl (C=O) groups excluding carboxylic acids is 4. The zero-order valence-corrected chi connectivity index (χ0v) is 51.2. The lowest BCUT2D eigenvalue weighted by Crippen LogP contribution is -2.63. The van der Waals surface area contributed by atoms with Crippen LogP contribution in [0.2, 0.25) is 0 Å². The van der Waals surface area contributed by atoms with Crippen molar-refractivity contribution >= 4 is 23.1 Å². The Morgan fingerprint density at radius 3 is 0.679 bits per heavy atom. The van der Waals surface area contributed by atoms with E-state index < -0.39 is 267 Å². The van der Waals surface area contributed by atoms with Crippen molar-refractivity contribution in [1.82, 2.24) is 0 Å². The van der Waals surface area contributed by atoms with Gasteiger partial charge >= 0.3 is 86.5 Å². The summed E-state index contributed by atoms with van der Waals surface area (Å²) in [6.07, 6.45) is -106. The molecule has 624 valence electrons. The lowest BCUT2D eigenvalue weighted by Gasteiger charge is -2.47. The first-order valence-corrected chi connectivity index (χ1v) is 26.9. The molecule has 10 nitrogen and oxygen atoms in total. The van der Waals surface area contributed by atoms with E-state index in [2.05, 4.69) is 37.6 Å². The molecule has 2 fully saturated rings. The van der Waals surface area contributed by atoms with Gasteiger partial charge in [-0.15, -0.1) is 0 Å². The number of halogens is 44. The molecular formula is C52H48F44O10. The molecule has 0 amide bonds. The minimum atomic E-state index is -6.31. The standard InChI is InChI=1S/C16H15F13O2.C16H16F12O2.C7H5F7O2.C7H6F6O2.C6H6F6O2/c1-7(17)10(30)6-11(13(18,19)20,14(21,22)23)8-2-4-9(5-3-8)12(31,15(24,25)26)16(27,28)29;1-2-10(29)7-11(13(17,18)19,14(20,21)22)8-3-5-9(6-4-8)12(30,15(23,24)25)16(26,27)28;1-3(8)4(15)2-5(16,6(9,10)11)7(12,13)14;1-2-4(14)3-5(15,6(8,9)10)7(11,12)13;1-2-14-3-4(13,5(7,8)9)6(10,11)12/h8-9,31H,1-6H2;2,8-9,30H,1,3-7H2;16H,1-2H2;2,15H,1,3H2;2,13H,1,3H2. The molecular weight excluding hydrogens is 1620 g/mol. The van der Waals surface area contributed by atoms with E-state index in [1.54, 1.807) is 0 Å². The number of allylic oxidation sites excluding steroid dienone is 4. The van der Waals surface area contributed by atoms with Gasteiger partial charge in [-0.2, -0.15) is 184 Å². The monoisotopic (exact) mass is 1670 g/mol. The van der Waals surface area contributed by atoms with Crippen molar-refractivity contribution in [3.05, 3.63) is 63.0 Å². The maximum absolute atomic E-state index is 13.6. The maximum Gasteiger partial charge on any atom is 0.429 e. The zero-order valence-electron chi connectivity index (χ0n) is 51.2. The fourth-order valence-corrected chi connectivity index (χ4v) is 9.77. The normalized spacial score (nSPS) is 18.8. The molecule has 5 N–H and O–H groups in total. The van der Waals surface area contributed by atoms with E-state index in [-0.39, 0.29) is 12.2 Å². The van der Waals surface area contributed by atoms with Crippen LogP contribution in [0.25, 0.3) is 0 Å². The lowest BCUT2D eigenvalue weighted by atomic mass is 9.61. The van der Waals surface area contributed by atoms with Crippen molar-refractivity contribution in [3.8, 4) is 0 Å². The van der Waals surface area contributed by atoms with Crippen LogP contribution in [0.15, 0.2) is 63.0 Å². The van der Waals surface area contributed by atoms with Gasteiger partial charge in [-0.1, -0.05) is 32.9 Å². The summed E-state index contributed by atoms with van der Waals surface area (Å²) in [4.78, 5) is 43.6. The Balaban J connectivity index is -0.00000131. The van der Waals surface area contributed by atoms with E-state index in [1.165, 1.54) is 0 Å². The van der Waals surface area contributed by atoms with Crippen LogP contribution in [-0.4, -0.2) is 170 Å². The summed E-state index contributed by atoms with van der Waals surface area (Å²) in [7, 11) is 0. The number of hydrogen-bond acceptors (Lipinski definition) is 10. The first-order chi connectivity index (χ1) is 46.0. The van der Waals surface area contributed by atoms with Gasteiger partial charge in [0.25, 0.3) is 28.0 Å². The maximum atomic E-state index is 13.6. The lowest BCUT2D eigenvalue weighted by molar-refractivity contribution is -0.392. The molecule has 106 heavy (non-hydrogen) atoms. The summed E-state index contributed by atoms with van der Waals surface area (Å²) in [6, 6.07) is 0. The number of ether oxygens (including phenoxy) is 1. The van der Waals surface area contributed by atoms with Crippen LogP contribution in [0.1, 0.15) is 77.0 Å². The van der Waals surface area contributed by atoms with E-state index in [0.29, 0.717) is 6.26 Å². The SMILES string of the molecule is C=C(F)C(=O)CC(C1CCC(C(O)(C(F)(F)F)C(F)(F)F)CC1)(C(F)(F)F)C(F)(F)F.C=C(F)C(=O)CC(O)(C(F)(F)F)C(F)(F)F.C=CC(=O)CC(C1CCC(C(O)(C(F)(F)F)C(F)(F)F)CC1)(C(F)(F)F)C(F)(F)F.C=CC(=O)CC(O)(C(F)(F)F)C(F)(F)F.C=COCC(O)(C(F)(F)F)C(F)(F)F. The fraction of sp³-hybridized carbons (Fsp3) is 0.731. The summed E-state index contributed by atoms with van der Waals surface area (Å²) in [5, 5.41) is 44.0. The van der Waals surface area contributed by atoms with Gasteiger partial charge in [-0.05, 0) is 75.4 Å². The second kappa shape index (κ2) is 34.0. The number of carbonyl (C=O) groups is 4. The number of ketones is 4. The van der Waals surface area contributed by atoms with Gasteiger partial charge in [-0.3, -0.25) is 19.2 Å². The number of hydrogen-bond donors (Lipinski definition) is 5. The second-order valence-corrected chi connectivity index (χ2v) is 22.3. The molecule has 0 aliphatic heterocycles. The van der Waals surface area contributed by atoms with E-state index in [1.807, 2.05) is 0 Å². The number of alkyl halides is 42. The summed E-state index contributed by atoms with van der Waals surface area (Å²) in [5.41, 5.74) is -35.4. The van der Waals surface area contributed by atoms with Gasteiger partial charge < -0.3 is 30.3 Å². The van der Waals surface area contributed by atoms with E-state index in [0.717, 1.165) is 0 Å². The summed E-state index contributed by atoms with van der Waals surface area (Å²) in [5.74, 6) is -22.5. The van der Waals surface area contributed by atoms with E-state index >= 15 is 0 Å². The number of rotatable bonds is 19. The van der Waals surface area contributed by atoms with E-state index in [4.69, 9.17) is 15.3 Å². The zero-order chi connectivity index (χ0) is 86.3. The Morgan fingerprint density at radius 2 is 0.491 bits per heavy atom. The van der Waals surface area contributed by atoms with Crippen LogP contribution in [0.5, 0.6) is 0 Å². The molecule has 0 saturated heterocycles. The third-order valence-corrected chi connectivity index (χ3v) is 15.8. The van der Waals surface area contributed by atoms with Crippen LogP contribution >= 0.6 is 0 Å². The highest BCUT2D eigenvalue weighted by Crippen LogP contribution is 2.65. The quantitative estimate of drug-likeness (QED) is 0.0475. The minimum Gasteiger partial charge on any atom is -0.498 e. The van der Waals surface area contributed by atoms with Crippen molar-refractivity contribution in [1.29, 1.82) is 0 Å². The smallest absolute Gasteiger partial charge is 0.429 e. The minimum absolute atomic E-state index is 0.212. The molecule has 2 aliphatic rings. The Morgan fingerprint density at radius 1 is 0.292 bits per heavy atom. The molecule has 54 heteroatoms. The summed E-state index contributed by atoms with van der Waals surface area (Å²) in [6.45, 7) is 10.8. The Kier molecular flexibility index (Phi) is 33.4. The average molecular weight is 1670 g/mol. The van der Waals surface area contributed by atoms with Gasteiger partial charge in [-0.25, -0.2) is 8.78 Å². The first kappa shape index (κ1) is 104. The highest BCUT2D eigenvalue weighted by molar-refractivity contribution is 5.94. The van der Waals surface area contributed by atoms with Gasteiger partial charge in [0.05, 0.1) is 19.1 Å². The van der Waals surface area contributed by atoms with Crippen LogP contribution in [0, 0.1) is 34.5 Å². The molecule has 2 rings (SSSR count). The van der Waals surface area contributed by atoms with Crippen LogP contribution in [0.3, 0.4) is 0 Å². The molecule has 0 aromatic heterocycles. The molecule has 0 heterocycles. The predicted octanol–water partition coefficient (Wildman–Crippen LogP) is 18.4. The molecule has 0 atom stereocenters. The highest BCUT2D eigenvalue weighted by atomic mass is 19.5. The molecule has 0 radical (unpaired) electrons. The third-order valence-electron chi connectivity index (χ3n) is 15.8. The van der Waals surface area contributed by atoms with Gasteiger partial charge in [0.1, 0.15) is 6.61 Å². The highest BCUT2D eigenvalue weighted by Gasteiger charge is 2.80. The van der Waals surface area contributed by atoms with E-state index in [9.17, 15) is 223 Å². The summed E-state index contributed by atoms with van der Waals surface area (Å²) >= 11 is 0. The number of Topliss-reactive ketones (excluding diaryl/α,β-unsaturated/α-hetero) is 2. The predicted molar refractivity (Wildman–Crippen MR) is 261 cm³/mol. The topological polar surface area (TPSA) is 179 Å². The van der Waals surface area contributed by atoms with Crippen molar-refractivity contribution < 1.29 is 243 Å². The molecule has 2 saturated carbocycles. The van der Waals surface area contributed by atoms with Crippen molar-refractivity contribution in [2.45, 2.75) is 192 Å². The van der Waals surface area contributed by atoms with Crippen molar-refractivity contribution in [2.24, 2.45) is 34.5 Å². The van der Waals surface area contributed by atoms with Gasteiger partial charge in [0.2, 0.25) is 0 Å². The van der Waals surface area contributed by atoms with Crippen LogP contribution in [0.4, 0.5) is 193 Å². The van der Waals surface area contributed by atoms with Gasteiger partial charge in [0, 0.05) is 24.7 Å². The molecule has 0 unspecified atom stereocenters. The van der Waals surface area contributed by atoms with Crippen LogP contribution < -0.4 is 0 Å². The first-order valence-electron chi connectivity index (χ1n) is 26.9. The molecule has 0 bridgehead atoms. The largest absolute Gasteiger partial charge is 0.498 e. The third kappa shape index (κ3) is 22.8. The Hall–Kier alpha value is -6.10. The average Bonchev–Trinajstić information content (AvgIpc) is 0.725. The van der Waals surface area contributed by atoms with Crippen molar-refractivity contribution in [3.63, 3.8) is 0 Å². The molecule has 0 aromatic rings.